The Hall–Kier alpha value is -0.590. The van der Waals surface area contributed by atoms with Crippen LogP contribution in [0.15, 0.2) is 0 Å². The van der Waals surface area contributed by atoms with Gasteiger partial charge in [0, 0.05) is 5.88 Å². The van der Waals surface area contributed by atoms with Gasteiger partial charge in [-0.1, -0.05) is 0 Å². The van der Waals surface area contributed by atoms with E-state index >= 15 is 0 Å². The fourth-order valence-corrected chi connectivity index (χ4v) is 0.382. The van der Waals surface area contributed by atoms with Gasteiger partial charge < -0.3 is 10.8 Å². The molecular weight excluding hydrogens is 147 g/mol. The van der Waals surface area contributed by atoms with Crippen molar-refractivity contribution in [2.24, 2.45) is 5.73 Å². The molecular formula is C3H3N4NaO2. The van der Waals surface area contributed by atoms with Crippen molar-refractivity contribution < 1.29 is 39.5 Å². The van der Waals surface area contributed by atoms with Gasteiger partial charge in [-0.2, -0.15) is 15.4 Å². The van der Waals surface area contributed by atoms with Gasteiger partial charge in [0.2, 0.25) is 0 Å². The summed E-state index contributed by atoms with van der Waals surface area (Å²) < 4.78 is 0. The molecule has 10 heavy (non-hydrogen) atoms. The van der Waals surface area contributed by atoms with E-state index in [1.807, 2.05) is 5.21 Å². The third-order valence-electron chi connectivity index (χ3n) is 0.749. The monoisotopic (exact) mass is 150 g/mol. The number of hydrogen-bond donors (Lipinski definition) is 2. The van der Waals surface area contributed by atoms with Gasteiger partial charge in [0.25, 0.3) is 5.91 Å². The van der Waals surface area contributed by atoms with Crippen LogP contribution in [0.4, 0.5) is 0 Å². The molecule has 0 fully saturated rings. The summed E-state index contributed by atoms with van der Waals surface area (Å²) >= 11 is 0. The summed E-state index contributed by atoms with van der Waals surface area (Å²) in [4.78, 5) is 10.2. The van der Waals surface area contributed by atoms with Crippen molar-refractivity contribution in [3.8, 4) is 5.88 Å². The SMILES string of the molecule is NC(=O)c1n[nH]nc1[O-].[Na+]. The van der Waals surface area contributed by atoms with E-state index in [-0.39, 0.29) is 35.3 Å². The van der Waals surface area contributed by atoms with Crippen LogP contribution in [0, 0.1) is 0 Å². The van der Waals surface area contributed by atoms with E-state index < -0.39 is 11.8 Å². The second kappa shape index (κ2) is 3.55. The molecule has 7 heteroatoms. The fourth-order valence-electron chi connectivity index (χ4n) is 0.382. The number of aromatic nitrogens is 3. The molecule has 1 amide bonds. The summed E-state index contributed by atoms with van der Waals surface area (Å²) in [5, 5.41) is 18.6. The van der Waals surface area contributed by atoms with E-state index in [4.69, 9.17) is 5.73 Å². The van der Waals surface area contributed by atoms with Crippen LogP contribution in [0.1, 0.15) is 10.5 Å². The normalized spacial score (nSPS) is 8.40. The second-order valence-electron chi connectivity index (χ2n) is 1.34. The van der Waals surface area contributed by atoms with Crippen molar-refractivity contribution in [1.29, 1.82) is 0 Å². The summed E-state index contributed by atoms with van der Waals surface area (Å²) in [6, 6.07) is 0. The second-order valence-corrected chi connectivity index (χ2v) is 1.34. The molecule has 0 spiro atoms. The number of H-pyrrole nitrogens is 1. The smallest absolute Gasteiger partial charge is 0.856 e. The Labute approximate surface area is 78.1 Å². The maximum absolute atomic E-state index is 10.4. The number of carbonyl (C=O) groups excluding carboxylic acids is 1. The van der Waals surface area contributed by atoms with E-state index in [9.17, 15) is 9.90 Å². The zero-order valence-electron chi connectivity index (χ0n) is 5.29. The van der Waals surface area contributed by atoms with Crippen molar-refractivity contribution in [3.05, 3.63) is 5.69 Å². The largest absolute Gasteiger partial charge is 1.00 e. The minimum Gasteiger partial charge on any atom is -0.856 e. The molecule has 48 valence electrons. The predicted octanol–water partition coefficient (Wildman–Crippen LogP) is -5.02. The zero-order chi connectivity index (χ0) is 6.85. The number of primary amides is 1. The summed E-state index contributed by atoms with van der Waals surface area (Å²) in [5.41, 5.74) is 4.35. The Morgan fingerprint density at radius 3 is 2.40 bits per heavy atom. The van der Waals surface area contributed by atoms with Crippen molar-refractivity contribution in [1.82, 2.24) is 15.4 Å². The van der Waals surface area contributed by atoms with Crippen molar-refractivity contribution in [2.75, 3.05) is 0 Å². The Bertz CT molecular complexity index is 234. The first kappa shape index (κ1) is 9.41. The van der Waals surface area contributed by atoms with Gasteiger partial charge in [-0.15, -0.1) is 0 Å². The first-order valence-corrected chi connectivity index (χ1v) is 2.09. The van der Waals surface area contributed by atoms with Gasteiger partial charge in [0.05, 0.1) is 0 Å². The van der Waals surface area contributed by atoms with E-state index in [2.05, 4.69) is 10.2 Å². The molecule has 0 bridgehead atoms. The van der Waals surface area contributed by atoms with Crippen LogP contribution in [0.5, 0.6) is 5.88 Å². The molecule has 1 heterocycles. The maximum Gasteiger partial charge on any atom is 1.00 e. The molecule has 0 atom stereocenters. The standard InChI is InChI=1S/C3H4N4O2.Na/c4-2(8)1-3(9)6-7-5-1;/h(H2,4,8)(H2,5,6,7,9);/q;+1/p-1. The Kier molecular flexibility index (Phi) is 3.34. The third kappa shape index (κ3) is 1.69. The molecule has 0 saturated carbocycles. The van der Waals surface area contributed by atoms with E-state index in [1.54, 1.807) is 0 Å². The molecule has 1 aromatic rings. The van der Waals surface area contributed by atoms with E-state index in [0.29, 0.717) is 0 Å². The quantitative estimate of drug-likeness (QED) is 0.390. The summed E-state index contributed by atoms with van der Waals surface area (Å²) in [6.45, 7) is 0. The van der Waals surface area contributed by atoms with Gasteiger partial charge in [-0.3, -0.25) is 4.79 Å². The molecule has 0 saturated heterocycles. The molecule has 3 N–H and O–H groups in total. The van der Waals surface area contributed by atoms with Crippen molar-refractivity contribution in [2.45, 2.75) is 0 Å². The van der Waals surface area contributed by atoms with E-state index in [1.165, 1.54) is 0 Å². The number of nitrogens with two attached hydrogens (primary N) is 1. The number of hydrogen-bond acceptors (Lipinski definition) is 4. The molecule has 1 rings (SSSR count). The summed E-state index contributed by atoms with van der Waals surface area (Å²) in [6.07, 6.45) is 0. The first-order valence-electron chi connectivity index (χ1n) is 2.09. The molecule has 0 aliphatic heterocycles. The number of carbonyl (C=O) groups is 1. The zero-order valence-corrected chi connectivity index (χ0v) is 7.29. The molecule has 0 aliphatic rings. The predicted molar refractivity (Wildman–Crippen MR) is 24.3 cm³/mol. The van der Waals surface area contributed by atoms with Gasteiger partial charge in [0.15, 0.2) is 5.69 Å². The minimum atomic E-state index is -0.867. The number of nitrogens with zero attached hydrogens (tertiary/aromatic N) is 2. The number of nitrogens with one attached hydrogen (secondary N) is 1. The van der Waals surface area contributed by atoms with Gasteiger partial charge in [-0.25, -0.2) is 0 Å². The van der Waals surface area contributed by atoms with Crippen LogP contribution < -0.4 is 40.4 Å². The van der Waals surface area contributed by atoms with Gasteiger partial charge >= 0.3 is 29.6 Å². The number of aromatic amines is 1. The molecule has 0 aliphatic carbocycles. The van der Waals surface area contributed by atoms with Crippen LogP contribution >= 0.6 is 0 Å². The first-order chi connectivity index (χ1) is 4.22. The van der Waals surface area contributed by atoms with Crippen molar-refractivity contribution in [3.63, 3.8) is 0 Å². The third-order valence-corrected chi connectivity index (χ3v) is 0.749. The average Bonchev–Trinajstić information content (AvgIpc) is 2.13. The Morgan fingerprint density at radius 2 is 2.20 bits per heavy atom. The topological polar surface area (TPSA) is 108 Å². The van der Waals surface area contributed by atoms with Crippen LogP contribution in [0.3, 0.4) is 0 Å². The minimum absolute atomic E-state index is 0. The Balaban J connectivity index is 0.000000810. The maximum atomic E-state index is 10.4. The molecule has 0 unspecified atom stereocenters. The molecule has 1 aromatic heterocycles. The van der Waals surface area contributed by atoms with Crippen LogP contribution in [-0.4, -0.2) is 21.3 Å². The number of rotatable bonds is 1. The average molecular weight is 150 g/mol. The van der Waals surface area contributed by atoms with Crippen LogP contribution in [0.25, 0.3) is 0 Å². The van der Waals surface area contributed by atoms with Gasteiger partial charge in [-0.05, 0) is 0 Å². The molecule has 0 radical (unpaired) electrons. The fraction of sp³-hybridized carbons (Fsp3) is 0. The molecule has 0 aromatic carbocycles. The van der Waals surface area contributed by atoms with Crippen LogP contribution in [0.2, 0.25) is 0 Å². The van der Waals surface area contributed by atoms with Gasteiger partial charge in [0.1, 0.15) is 0 Å². The number of amides is 1. The summed E-state index contributed by atoms with van der Waals surface area (Å²) in [7, 11) is 0. The van der Waals surface area contributed by atoms with Crippen LogP contribution in [-0.2, 0) is 0 Å². The Morgan fingerprint density at radius 1 is 1.60 bits per heavy atom. The van der Waals surface area contributed by atoms with Crippen molar-refractivity contribution >= 4 is 5.91 Å². The van der Waals surface area contributed by atoms with E-state index in [0.717, 1.165) is 0 Å². The molecule has 6 nitrogen and oxygen atoms in total. The summed E-state index contributed by atoms with van der Waals surface area (Å²) in [5.74, 6) is -1.59.